The number of nitrogens with one attached hydrogen (secondary N) is 1. The minimum atomic E-state index is -4.39. The van der Waals surface area contributed by atoms with Crippen LogP contribution in [0.25, 0.3) is 0 Å². The molecule has 3 aliphatic rings. The first-order chi connectivity index (χ1) is 9.93. The molecule has 0 amide bonds. The molecule has 0 unspecified atom stereocenters. The minimum Gasteiger partial charge on any atom is -0.298 e. The van der Waals surface area contributed by atoms with Crippen molar-refractivity contribution < 1.29 is 13.2 Å². The third-order valence-electron chi connectivity index (χ3n) is 4.06. The number of anilines is 1. The Morgan fingerprint density at radius 2 is 1.95 bits per heavy atom. The van der Waals surface area contributed by atoms with Gasteiger partial charge in [-0.1, -0.05) is 11.6 Å². The predicted octanol–water partition coefficient (Wildman–Crippen LogP) is 3.85. The summed E-state index contributed by atoms with van der Waals surface area (Å²) < 4.78 is 38.1. The molecule has 3 fully saturated rings. The van der Waals surface area contributed by atoms with E-state index in [2.05, 4.69) is 15.4 Å². The summed E-state index contributed by atoms with van der Waals surface area (Å²) in [6.45, 7) is 2.94. The Labute approximate surface area is 125 Å². The van der Waals surface area contributed by atoms with E-state index in [0.717, 1.165) is 50.3 Å². The maximum atomic E-state index is 12.7. The molecule has 1 aromatic rings. The van der Waals surface area contributed by atoms with Crippen LogP contribution < -0.4 is 5.43 Å². The van der Waals surface area contributed by atoms with E-state index >= 15 is 0 Å². The van der Waals surface area contributed by atoms with Crippen LogP contribution >= 0.6 is 11.6 Å². The van der Waals surface area contributed by atoms with Gasteiger partial charge in [0.05, 0.1) is 22.0 Å². The third-order valence-corrected chi connectivity index (χ3v) is 4.39. The Bertz CT molecular complexity index is 563. The molecule has 4 rings (SSSR count). The van der Waals surface area contributed by atoms with E-state index in [1.54, 1.807) is 0 Å². The Hall–Kier alpha value is -1.27. The van der Waals surface area contributed by atoms with Crippen molar-refractivity contribution in [1.82, 2.24) is 4.90 Å². The van der Waals surface area contributed by atoms with Crippen molar-refractivity contribution in [3.63, 3.8) is 0 Å². The minimum absolute atomic E-state index is 0.190. The summed E-state index contributed by atoms with van der Waals surface area (Å²) in [6, 6.07) is 3.20. The smallest absolute Gasteiger partial charge is 0.298 e. The van der Waals surface area contributed by atoms with Gasteiger partial charge in [0.15, 0.2) is 0 Å². The first-order valence-corrected chi connectivity index (χ1v) is 7.23. The van der Waals surface area contributed by atoms with Gasteiger partial charge in [-0.15, -0.1) is 0 Å². The molecular weight excluding hydrogens is 303 g/mol. The van der Waals surface area contributed by atoms with E-state index in [1.165, 1.54) is 6.07 Å². The van der Waals surface area contributed by atoms with Crippen LogP contribution in [0.5, 0.6) is 0 Å². The molecule has 3 heterocycles. The van der Waals surface area contributed by atoms with E-state index in [-0.39, 0.29) is 10.7 Å². The fourth-order valence-corrected chi connectivity index (χ4v) is 2.99. The zero-order valence-electron chi connectivity index (χ0n) is 11.3. The molecule has 0 atom stereocenters. The van der Waals surface area contributed by atoms with Crippen molar-refractivity contribution in [2.45, 2.75) is 19.0 Å². The summed E-state index contributed by atoms with van der Waals surface area (Å²) in [5.74, 6) is 0.437. The number of hydrazone groups is 1. The second-order valence-electron chi connectivity index (χ2n) is 5.46. The number of hydrogen-bond donors (Lipinski definition) is 1. The monoisotopic (exact) mass is 317 g/mol. The SMILES string of the molecule is FC(F)(F)c1ccc(Cl)c(N/N=C2/CN3CCC2CC3)c1. The molecule has 7 heteroatoms. The molecule has 114 valence electrons. The largest absolute Gasteiger partial charge is 0.416 e. The summed E-state index contributed by atoms with van der Waals surface area (Å²) in [5, 5.41) is 4.52. The highest BCUT2D eigenvalue weighted by Crippen LogP contribution is 2.34. The van der Waals surface area contributed by atoms with Gasteiger partial charge in [0.1, 0.15) is 0 Å². The van der Waals surface area contributed by atoms with Gasteiger partial charge in [0.25, 0.3) is 0 Å². The van der Waals surface area contributed by atoms with Crippen LogP contribution in [0.4, 0.5) is 18.9 Å². The van der Waals surface area contributed by atoms with Crippen molar-refractivity contribution >= 4 is 23.0 Å². The zero-order chi connectivity index (χ0) is 15.0. The van der Waals surface area contributed by atoms with E-state index in [4.69, 9.17) is 11.6 Å². The van der Waals surface area contributed by atoms with Gasteiger partial charge in [-0.3, -0.25) is 10.3 Å². The van der Waals surface area contributed by atoms with Gasteiger partial charge in [-0.25, -0.2) is 0 Å². The fraction of sp³-hybridized carbons (Fsp3) is 0.500. The predicted molar refractivity (Wildman–Crippen MR) is 76.7 cm³/mol. The topological polar surface area (TPSA) is 27.6 Å². The number of fused-ring (bicyclic) bond motifs is 3. The molecule has 21 heavy (non-hydrogen) atoms. The summed E-state index contributed by atoms with van der Waals surface area (Å²) in [5.41, 5.74) is 3.17. The summed E-state index contributed by atoms with van der Waals surface area (Å²) >= 11 is 5.93. The van der Waals surface area contributed by atoms with Crippen LogP contribution in [0, 0.1) is 5.92 Å². The molecule has 0 aromatic heterocycles. The Balaban J connectivity index is 1.79. The summed E-state index contributed by atoms with van der Waals surface area (Å²) in [7, 11) is 0. The average Bonchev–Trinajstić information content (AvgIpc) is 2.46. The molecular formula is C14H15ClF3N3. The number of rotatable bonds is 2. The molecule has 3 nitrogen and oxygen atoms in total. The lowest BCUT2D eigenvalue weighted by Crippen LogP contribution is -2.48. The van der Waals surface area contributed by atoms with Crippen LogP contribution in [0.2, 0.25) is 5.02 Å². The summed E-state index contributed by atoms with van der Waals surface area (Å²) in [4.78, 5) is 2.30. The van der Waals surface area contributed by atoms with Crippen LogP contribution in [0.1, 0.15) is 18.4 Å². The van der Waals surface area contributed by atoms with Crippen molar-refractivity contribution in [3.8, 4) is 0 Å². The van der Waals surface area contributed by atoms with Crippen molar-refractivity contribution in [3.05, 3.63) is 28.8 Å². The number of piperidine rings is 3. The maximum Gasteiger partial charge on any atom is 0.416 e. The highest BCUT2D eigenvalue weighted by molar-refractivity contribution is 6.33. The number of hydrogen-bond acceptors (Lipinski definition) is 3. The fourth-order valence-electron chi connectivity index (χ4n) is 2.83. The lowest BCUT2D eigenvalue weighted by molar-refractivity contribution is -0.137. The van der Waals surface area contributed by atoms with Gasteiger partial charge >= 0.3 is 6.18 Å². The Morgan fingerprint density at radius 3 is 2.52 bits per heavy atom. The normalized spacial score (nSPS) is 27.1. The number of alkyl halides is 3. The highest BCUT2D eigenvalue weighted by Gasteiger charge is 2.32. The van der Waals surface area contributed by atoms with Gasteiger partial charge in [-0.05, 0) is 44.1 Å². The first-order valence-electron chi connectivity index (χ1n) is 6.85. The zero-order valence-corrected chi connectivity index (χ0v) is 12.0. The molecule has 2 bridgehead atoms. The van der Waals surface area contributed by atoms with E-state index in [0.29, 0.717) is 5.92 Å². The second kappa shape index (κ2) is 5.50. The lowest BCUT2D eigenvalue weighted by Gasteiger charge is -2.39. The Kier molecular flexibility index (Phi) is 3.84. The van der Waals surface area contributed by atoms with Crippen LogP contribution in [0.15, 0.2) is 23.3 Å². The number of halogens is 4. The van der Waals surface area contributed by atoms with Crippen LogP contribution in [0.3, 0.4) is 0 Å². The van der Waals surface area contributed by atoms with E-state index < -0.39 is 11.7 Å². The number of nitrogens with zero attached hydrogens (tertiary/aromatic N) is 2. The Morgan fingerprint density at radius 1 is 1.24 bits per heavy atom. The van der Waals surface area contributed by atoms with Gasteiger partial charge in [0, 0.05) is 12.5 Å². The summed E-state index contributed by atoms with van der Waals surface area (Å²) in [6.07, 6.45) is -2.25. The lowest BCUT2D eigenvalue weighted by atomic mass is 9.87. The van der Waals surface area contributed by atoms with Crippen molar-refractivity contribution in [2.75, 3.05) is 25.1 Å². The molecule has 1 N–H and O–H groups in total. The second-order valence-corrected chi connectivity index (χ2v) is 5.86. The van der Waals surface area contributed by atoms with Gasteiger partial charge in [0.2, 0.25) is 0 Å². The van der Waals surface area contributed by atoms with Gasteiger partial charge < -0.3 is 0 Å². The first kappa shape index (κ1) is 14.7. The van der Waals surface area contributed by atoms with Gasteiger partial charge in [-0.2, -0.15) is 18.3 Å². The average molecular weight is 318 g/mol. The molecule has 3 saturated heterocycles. The molecule has 0 radical (unpaired) electrons. The van der Waals surface area contributed by atoms with Crippen molar-refractivity contribution in [2.24, 2.45) is 11.0 Å². The standard InChI is InChI=1S/C14H15ClF3N3/c15-11-2-1-10(14(16,17)18)7-12(11)19-20-13-8-21-5-3-9(13)4-6-21/h1-2,7,9,19H,3-6,8H2/b20-13-. The molecule has 0 aliphatic carbocycles. The highest BCUT2D eigenvalue weighted by atomic mass is 35.5. The molecule has 3 aliphatic heterocycles. The number of benzene rings is 1. The van der Waals surface area contributed by atoms with Crippen LogP contribution in [-0.4, -0.2) is 30.2 Å². The third kappa shape index (κ3) is 3.16. The molecule has 0 saturated carbocycles. The maximum absolute atomic E-state index is 12.7. The van der Waals surface area contributed by atoms with E-state index in [1.807, 2.05) is 0 Å². The molecule has 1 aromatic carbocycles. The molecule has 0 spiro atoms. The van der Waals surface area contributed by atoms with E-state index in [9.17, 15) is 13.2 Å². The van der Waals surface area contributed by atoms with Crippen molar-refractivity contribution in [1.29, 1.82) is 0 Å². The quantitative estimate of drug-likeness (QED) is 0.839. The van der Waals surface area contributed by atoms with Crippen LogP contribution in [-0.2, 0) is 6.18 Å².